The molecule has 1 N–H and O–H groups in total. The van der Waals surface area contributed by atoms with E-state index in [1.54, 1.807) is 37.3 Å². The lowest BCUT2D eigenvalue weighted by atomic mass is 10.1. The maximum atomic E-state index is 12.4. The Kier molecular flexibility index (Phi) is 5.77. The van der Waals surface area contributed by atoms with Gasteiger partial charge in [-0.1, -0.05) is 29.3 Å². The smallest absolute Gasteiger partial charge is 0.339 e. The van der Waals surface area contributed by atoms with Gasteiger partial charge in [-0.2, -0.15) is 0 Å². The molecule has 1 aliphatic heterocycles. The van der Waals surface area contributed by atoms with E-state index in [0.29, 0.717) is 27.1 Å². The maximum Gasteiger partial charge on any atom is 0.339 e. The Morgan fingerprint density at radius 3 is 2.56 bits per heavy atom. The fraction of sp³-hybridized carbons (Fsp3) is 0.263. The molecule has 2 aromatic carbocycles. The molecule has 2 aromatic rings. The summed E-state index contributed by atoms with van der Waals surface area (Å²) in [5, 5.41) is 3.72. The first-order chi connectivity index (χ1) is 12.8. The summed E-state index contributed by atoms with van der Waals surface area (Å²) in [6.07, 6.45) is -0.989. The highest BCUT2D eigenvalue weighted by Crippen LogP contribution is 2.32. The zero-order chi connectivity index (χ0) is 19.6. The predicted molar refractivity (Wildman–Crippen MR) is 100 cm³/mol. The van der Waals surface area contributed by atoms with Crippen LogP contribution in [0.15, 0.2) is 36.4 Å². The van der Waals surface area contributed by atoms with E-state index in [1.165, 1.54) is 13.0 Å². The van der Waals surface area contributed by atoms with Gasteiger partial charge in [0.15, 0.2) is 17.6 Å². The second-order valence-corrected chi connectivity index (χ2v) is 6.86. The largest absolute Gasteiger partial charge is 0.454 e. The van der Waals surface area contributed by atoms with Gasteiger partial charge in [-0.3, -0.25) is 4.79 Å². The second-order valence-electron chi connectivity index (χ2n) is 6.01. The van der Waals surface area contributed by atoms with Crippen LogP contribution >= 0.6 is 23.2 Å². The summed E-state index contributed by atoms with van der Waals surface area (Å²) < 4.78 is 15.7. The standard InChI is InChI=1S/C19H17Cl2NO5/c1-10(14-5-4-13(20)8-15(14)21)22-18(23)11(2)27-19(24)12-3-6-16-17(7-12)26-9-25-16/h3-8,10-11H,9H2,1-2H3,(H,22,23)/t10-,11-/m1/s1. The number of fused-ring (bicyclic) bond motifs is 1. The number of halogens is 2. The van der Waals surface area contributed by atoms with Crippen LogP contribution in [0.4, 0.5) is 0 Å². The number of ether oxygens (including phenoxy) is 3. The third-order valence-corrected chi connectivity index (χ3v) is 4.61. The lowest BCUT2D eigenvalue weighted by molar-refractivity contribution is -0.129. The zero-order valence-electron chi connectivity index (χ0n) is 14.6. The van der Waals surface area contributed by atoms with Crippen LogP contribution in [0.3, 0.4) is 0 Å². The Balaban J connectivity index is 1.60. The molecule has 0 saturated carbocycles. The first kappa shape index (κ1) is 19.3. The average Bonchev–Trinajstić information content (AvgIpc) is 3.08. The van der Waals surface area contributed by atoms with Gasteiger partial charge in [0, 0.05) is 10.0 Å². The van der Waals surface area contributed by atoms with Crippen molar-refractivity contribution in [3.8, 4) is 11.5 Å². The highest BCUT2D eigenvalue weighted by molar-refractivity contribution is 6.35. The summed E-state index contributed by atoms with van der Waals surface area (Å²) in [5.74, 6) is -0.0469. The third-order valence-electron chi connectivity index (χ3n) is 4.05. The van der Waals surface area contributed by atoms with Crippen molar-refractivity contribution in [2.24, 2.45) is 0 Å². The minimum atomic E-state index is -0.989. The summed E-state index contributed by atoms with van der Waals surface area (Å²) in [7, 11) is 0. The van der Waals surface area contributed by atoms with Gasteiger partial charge in [0.2, 0.25) is 6.79 Å². The van der Waals surface area contributed by atoms with Crippen LogP contribution in [0.25, 0.3) is 0 Å². The number of amides is 1. The number of carbonyl (C=O) groups excluding carboxylic acids is 2. The number of benzene rings is 2. The summed E-state index contributed by atoms with van der Waals surface area (Å²) in [6, 6.07) is 9.34. The summed E-state index contributed by atoms with van der Waals surface area (Å²) in [4.78, 5) is 24.6. The fourth-order valence-electron chi connectivity index (χ4n) is 2.57. The van der Waals surface area contributed by atoms with Crippen molar-refractivity contribution in [1.29, 1.82) is 0 Å². The summed E-state index contributed by atoms with van der Waals surface area (Å²) in [6.45, 7) is 3.38. The molecule has 1 amide bonds. The highest BCUT2D eigenvalue weighted by Gasteiger charge is 2.23. The molecule has 0 aromatic heterocycles. The molecular weight excluding hydrogens is 393 g/mol. The van der Waals surface area contributed by atoms with Crippen molar-refractivity contribution in [2.45, 2.75) is 26.0 Å². The molecular formula is C19H17Cl2NO5. The van der Waals surface area contributed by atoms with E-state index in [0.717, 1.165) is 0 Å². The van der Waals surface area contributed by atoms with Crippen molar-refractivity contribution in [3.05, 3.63) is 57.6 Å². The van der Waals surface area contributed by atoms with Crippen molar-refractivity contribution in [2.75, 3.05) is 6.79 Å². The number of nitrogens with one attached hydrogen (secondary N) is 1. The number of esters is 1. The van der Waals surface area contributed by atoms with E-state index in [4.69, 9.17) is 37.4 Å². The molecule has 1 aliphatic rings. The van der Waals surface area contributed by atoms with E-state index < -0.39 is 18.0 Å². The normalized spacial score (nSPS) is 14.4. The molecule has 0 fully saturated rings. The van der Waals surface area contributed by atoms with Crippen LogP contribution in [0.1, 0.15) is 35.8 Å². The summed E-state index contributed by atoms with van der Waals surface area (Å²) in [5.41, 5.74) is 0.983. The van der Waals surface area contributed by atoms with E-state index in [9.17, 15) is 9.59 Å². The average molecular weight is 410 g/mol. The maximum absolute atomic E-state index is 12.4. The number of rotatable bonds is 5. The molecule has 0 saturated heterocycles. The fourth-order valence-corrected chi connectivity index (χ4v) is 3.14. The molecule has 0 unspecified atom stereocenters. The van der Waals surface area contributed by atoms with Crippen LogP contribution < -0.4 is 14.8 Å². The Bertz CT molecular complexity index is 886. The first-order valence-corrected chi connectivity index (χ1v) is 8.96. The molecule has 0 bridgehead atoms. The first-order valence-electron chi connectivity index (χ1n) is 8.21. The minimum Gasteiger partial charge on any atom is -0.454 e. The zero-order valence-corrected chi connectivity index (χ0v) is 16.1. The molecule has 8 heteroatoms. The predicted octanol–water partition coefficient (Wildman–Crippen LogP) is 4.14. The van der Waals surface area contributed by atoms with Crippen LogP contribution in [0.2, 0.25) is 10.0 Å². The molecule has 142 valence electrons. The Morgan fingerprint density at radius 2 is 1.81 bits per heavy atom. The third kappa shape index (κ3) is 4.46. The van der Waals surface area contributed by atoms with Crippen molar-refractivity contribution < 1.29 is 23.8 Å². The molecule has 0 aliphatic carbocycles. The Labute approximate surface area is 166 Å². The lowest BCUT2D eigenvalue weighted by Gasteiger charge is -2.19. The molecule has 6 nitrogen and oxygen atoms in total. The minimum absolute atomic E-state index is 0.109. The molecule has 3 rings (SSSR count). The topological polar surface area (TPSA) is 73.9 Å². The Morgan fingerprint density at radius 1 is 1.07 bits per heavy atom. The molecule has 0 radical (unpaired) electrons. The second kappa shape index (κ2) is 8.06. The van der Waals surface area contributed by atoms with Gasteiger partial charge in [0.1, 0.15) is 0 Å². The van der Waals surface area contributed by atoms with Crippen LogP contribution in [0, 0.1) is 0 Å². The summed E-state index contributed by atoms with van der Waals surface area (Å²) >= 11 is 12.0. The van der Waals surface area contributed by atoms with E-state index >= 15 is 0 Å². The highest BCUT2D eigenvalue weighted by atomic mass is 35.5. The van der Waals surface area contributed by atoms with Gasteiger partial charge < -0.3 is 19.5 Å². The number of hydrogen-bond acceptors (Lipinski definition) is 5. The monoisotopic (exact) mass is 409 g/mol. The molecule has 1 heterocycles. The lowest BCUT2D eigenvalue weighted by Crippen LogP contribution is -2.37. The van der Waals surface area contributed by atoms with E-state index in [1.807, 2.05) is 0 Å². The molecule has 2 atom stereocenters. The van der Waals surface area contributed by atoms with E-state index in [-0.39, 0.29) is 18.4 Å². The number of carbonyl (C=O) groups is 2. The van der Waals surface area contributed by atoms with Crippen LogP contribution in [-0.4, -0.2) is 24.8 Å². The van der Waals surface area contributed by atoms with Gasteiger partial charge in [-0.25, -0.2) is 4.79 Å². The van der Waals surface area contributed by atoms with Crippen molar-refractivity contribution in [1.82, 2.24) is 5.32 Å². The van der Waals surface area contributed by atoms with Crippen LogP contribution in [0.5, 0.6) is 11.5 Å². The van der Waals surface area contributed by atoms with Crippen LogP contribution in [-0.2, 0) is 9.53 Å². The van der Waals surface area contributed by atoms with Crippen molar-refractivity contribution in [3.63, 3.8) is 0 Å². The van der Waals surface area contributed by atoms with Gasteiger partial charge in [-0.05, 0) is 49.7 Å². The molecule has 0 spiro atoms. The Hall–Kier alpha value is -2.44. The number of hydrogen-bond donors (Lipinski definition) is 1. The van der Waals surface area contributed by atoms with Gasteiger partial charge in [-0.15, -0.1) is 0 Å². The quantitative estimate of drug-likeness (QED) is 0.750. The van der Waals surface area contributed by atoms with E-state index in [2.05, 4.69) is 5.32 Å². The molecule has 27 heavy (non-hydrogen) atoms. The van der Waals surface area contributed by atoms with Gasteiger partial charge >= 0.3 is 5.97 Å². The van der Waals surface area contributed by atoms with Crippen molar-refractivity contribution >= 4 is 35.1 Å². The van der Waals surface area contributed by atoms with Gasteiger partial charge in [0.25, 0.3) is 5.91 Å². The SMILES string of the molecule is C[C@@H](OC(=O)c1ccc2c(c1)OCO2)C(=O)N[C@H](C)c1ccc(Cl)cc1Cl. The van der Waals surface area contributed by atoms with Gasteiger partial charge in [0.05, 0.1) is 11.6 Å².